The molecule has 0 bridgehead atoms. The van der Waals surface area contributed by atoms with Crippen LogP contribution >= 0.6 is 0 Å². The average molecular weight is 373 g/mol. The number of benzene rings is 2. The fraction of sp³-hybridized carbons (Fsp3) is 0.300. The lowest BCUT2D eigenvalue weighted by Gasteiger charge is -2.34. The van der Waals surface area contributed by atoms with E-state index >= 15 is 0 Å². The molecular weight excluding hydrogens is 355 g/mol. The smallest absolute Gasteiger partial charge is 0.370 e. The third kappa shape index (κ3) is 3.47. The molecule has 1 aromatic heterocycles. The van der Waals surface area contributed by atoms with Crippen LogP contribution in [0, 0.1) is 6.92 Å². The molecule has 3 aromatic rings. The van der Waals surface area contributed by atoms with Crippen LogP contribution in [0.3, 0.4) is 0 Å². The number of fused-ring (bicyclic) bond motifs is 1. The Bertz CT molecular complexity index is 957. The summed E-state index contributed by atoms with van der Waals surface area (Å²) in [4.78, 5) is 10.9. The van der Waals surface area contributed by atoms with E-state index in [1.165, 1.54) is 12.1 Å². The Kier molecular flexibility index (Phi) is 4.47. The van der Waals surface area contributed by atoms with Crippen LogP contribution in [0.2, 0.25) is 0 Å². The molecule has 140 valence electrons. The van der Waals surface area contributed by atoms with Gasteiger partial charge in [-0.15, -0.1) is 0 Å². The van der Waals surface area contributed by atoms with E-state index in [1.54, 1.807) is 6.33 Å². The van der Waals surface area contributed by atoms with Gasteiger partial charge in [0.15, 0.2) is 0 Å². The van der Waals surface area contributed by atoms with Gasteiger partial charge in [-0.1, -0.05) is 24.3 Å². The Morgan fingerprint density at radius 3 is 2.59 bits per heavy atom. The van der Waals surface area contributed by atoms with Crippen molar-refractivity contribution in [1.29, 1.82) is 0 Å². The highest BCUT2D eigenvalue weighted by Gasteiger charge is 2.31. The summed E-state index contributed by atoms with van der Waals surface area (Å²) >= 11 is 0. The Hall–Kier alpha value is -2.67. The van der Waals surface area contributed by atoms with Crippen LogP contribution in [0.4, 0.5) is 19.0 Å². The lowest BCUT2D eigenvalue weighted by atomic mass is 10.0. The van der Waals surface area contributed by atoms with Crippen LogP contribution in [-0.4, -0.2) is 29.7 Å². The molecule has 0 spiro atoms. The zero-order valence-electron chi connectivity index (χ0n) is 14.7. The standard InChI is InChI=1S/C20H18F3N3O/c1-13-3-2-4-16-18(13)24-12-25-19(16)26-9-10-27-17(11-26)14-5-7-15(8-6-14)20(21,22)23/h2-8,12,17H,9-11H2,1H3. The Morgan fingerprint density at radius 2 is 1.85 bits per heavy atom. The predicted octanol–water partition coefficient (Wildman–Crippen LogP) is 4.53. The fourth-order valence-corrected chi connectivity index (χ4v) is 3.40. The number of nitrogens with zero attached hydrogens (tertiary/aromatic N) is 3. The van der Waals surface area contributed by atoms with Gasteiger partial charge in [0.2, 0.25) is 0 Å². The lowest BCUT2D eigenvalue weighted by Crippen LogP contribution is -2.39. The van der Waals surface area contributed by atoms with Crippen LogP contribution in [-0.2, 0) is 10.9 Å². The zero-order valence-corrected chi connectivity index (χ0v) is 14.7. The molecule has 0 aliphatic carbocycles. The highest BCUT2D eigenvalue weighted by molar-refractivity contribution is 5.91. The average Bonchev–Trinajstić information content (AvgIpc) is 2.67. The largest absolute Gasteiger partial charge is 0.416 e. The van der Waals surface area contributed by atoms with Crippen LogP contribution in [0.25, 0.3) is 10.9 Å². The maximum absolute atomic E-state index is 12.8. The van der Waals surface area contributed by atoms with E-state index < -0.39 is 11.7 Å². The van der Waals surface area contributed by atoms with Crippen molar-refractivity contribution in [2.75, 3.05) is 24.6 Å². The van der Waals surface area contributed by atoms with Gasteiger partial charge in [0.25, 0.3) is 0 Å². The molecule has 2 heterocycles. The molecule has 1 atom stereocenters. The van der Waals surface area contributed by atoms with Gasteiger partial charge >= 0.3 is 6.18 Å². The van der Waals surface area contributed by atoms with Gasteiger partial charge in [-0.05, 0) is 36.2 Å². The molecule has 1 unspecified atom stereocenters. The second-order valence-electron chi connectivity index (χ2n) is 6.59. The summed E-state index contributed by atoms with van der Waals surface area (Å²) in [5, 5.41) is 0.963. The molecule has 4 rings (SSSR count). The lowest BCUT2D eigenvalue weighted by molar-refractivity contribution is -0.137. The SMILES string of the molecule is Cc1cccc2c(N3CCOC(c4ccc(C(F)(F)F)cc4)C3)ncnc12. The van der Waals surface area contributed by atoms with Gasteiger partial charge in [0.1, 0.15) is 18.2 Å². The van der Waals surface area contributed by atoms with Gasteiger partial charge in [0, 0.05) is 18.5 Å². The quantitative estimate of drug-likeness (QED) is 0.661. The van der Waals surface area contributed by atoms with Gasteiger partial charge < -0.3 is 9.64 Å². The number of ether oxygens (including phenoxy) is 1. The van der Waals surface area contributed by atoms with Crippen LogP contribution in [0.1, 0.15) is 22.8 Å². The topological polar surface area (TPSA) is 38.2 Å². The van der Waals surface area contributed by atoms with Crippen molar-refractivity contribution in [1.82, 2.24) is 9.97 Å². The molecule has 1 fully saturated rings. The first-order valence-corrected chi connectivity index (χ1v) is 8.67. The molecule has 0 radical (unpaired) electrons. The first-order valence-electron chi connectivity index (χ1n) is 8.67. The molecule has 2 aromatic carbocycles. The molecule has 1 aliphatic heterocycles. The molecule has 0 saturated carbocycles. The van der Waals surface area contributed by atoms with Crippen LogP contribution in [0.5, 0.6) is 0 Å². The monoisotopic (exact) mass is 373 g/mol. The third-order valence-corrected chi connectivity index (χ3v) is 4.82. The van der Waals surface area contributed by atoms with Gasteiger partial charge in [-0.2, -0.15) is 13.2 Å². The molecular formula is C20H18F3N3O. The van der Waals surface area contributed by atoms with E-state index in [1.807, 2.05) is 25.1 Å². The second-order valence-corrected chi connectivity index (χ2v) is 6.59. The maximum atomic E-state index is 12.8. The molecule has 1 aliphatic rings. The summed E-state index contributed by atoms with van der Waals surface area (Å²) in [7, 11) is 0. The van der Waals surface area contributed by atoms with Gasteiger partial charge in [-0.3, -0.25) is 0 Å². The Balaban J connectivity index is 1.61. The molecule has 7 heteroatoms. The first-order chi connectivity index (χ1) is 12.9. The predicted molar refractivity (Wildman–Crippen MR) is 96.6 cm³/mol. The minimum absolute atomic E-state index is 0.309. The number of anilines is 1. The number of hydrogen-bond acceptors (Lipinski definition) is 4. The molecule has 1 saturated heterocycles. The number of rotatable bonds is 2. The Morgan fingerprint density at radius 1 is 1.07 bits per heavy atom. The van der Waals surface area contributed by atoms with Gasteiger partial charge in [0.05, 0.1) is 17.7 Å². The van der Waals surface area contributed by atoms with Gasteiger partial charge in [-0.25, -0.2) is 9.97 Å². The highest BCUT2D eigenvalue weighted by atomic mass is 19.4. The minimum atomic E-state index is -4.34. The van der Waals surface area contributed by atoms with E-state index in [-0.39, 0.29) is 6.10 Å². The number of aryl methyl sites for hydroxylation is 1. The third-order valence-electron chi connectivity index (χ3n) is 4.82. The van der Waals surface area contributed by atoms with Crippen molar-refractivity contribution in [2.45, 2.75) is 19.2 Å². The van der Waals surface area contributed by atoms with Crippen molar-refractivity contribution in [2.24, 2.45) is 0 Å². The van der Waals surface area contributed by atoms with Crippen molar-refractivity contribution in [3.63, 3.8) is 0 Å². The van der Waals surface area contributed by atoms with Crippen molar-refractivity contribution in [3.8, 4) is 0 Å². The summed E-state index contributed by atoms with van der Waals surface area (Å²) < 4.78 is 44.1. The normalized spacial score (nSPS) is 18.1. The molecule has 4 nitrogen and oxygen atoms in total. The fourth-order valence-electron chi connectivity index (χ4n) is 3.40. The van der Waals surface area contributed by atoms with E-state index in [0.29, 0.717) is 19.7 Å². The van der Waals surface area contributed by atoms with Crippen molar-refractivity contribution >= 4 is 16.7 Å². The molecule has 0 amide bonds. The van der Waals surface area contributed by atoms with E-state index in [9.17, 15) is 13.2 Å². The van der Waals surface area contributed by atoms with E-state index in [2.05, 4.69) is 14.9 Å². The number of alkyl halides is 3. The summed E-state index contributed by atoms with van der Waals surface area (Å²) in [5.41, 5.74) is 2.04. The number of morpholine rings is 1. The minimum Gasteiger partial charge on any atom is -0.370 e. The Labute approximate surface area is 154 Å². The zero-order chi connectivity index (χ0) is 19.0. The van der Waals surface area contributed by atoms with Crippen LogP contribution < -0.4 is 4.90 Å². The summed E-state index contributed by atoms with van der Waals surface area (Å²) in [6.45, 7) is 3.66. The first kappa shape index (κ1) is 17.7. The van der Waals surface area contributed by atoms with Crippen molar-refractivity contribution in [3.05, 3.63) is 65.5 Å². The number of hydrogen-bond donors (Lipinski definition) is 0. The van der Waals surface area contributed by atoms with Crippen LogP contribution in [0.15, 0.2) is 48.8 Å². The maximum Gasteiger partial charge on any atom is 0.416 e. The summed E-state index contributed by atoms with van der Waals surface area (Å²) in [6, 6.07) is 11.1. The number of aromatic nitrogens is 2. The van der Waals surface area contributed by atoms with E-state index in [4.69, 9.17) is 4.74 Å². The molecule has 0 N–H and O–H groups in total. The van der Waals surface area contributed by atoms with E-state index in [0.717, 1.165) is 40.0 Å². The van der Waals surface area contributed by atoms with Crippen molar-refractivity contribution < 1.29 is 17.9 Å². The second kappa shape index (κ2) is 6.81. The summed E-state index contributed by atoms with van der Waals surface area (Å²) in [5.74, 6) is 0.823. The number of para-hydroxylation sites is 1. The molecule has 27 heavy (non-hydrogen) atoms. The number of halogens is 3. The summed E-state index contributed by atoms with van der Waals surface area (Å²) in [6.07, 6.45) is -3.10. The highest BCUT2D eigenvalue weighted by Crippen LogP contribution is 2.33.